The van der Waals surface area contributed by atoms with Crippen LogP contribution in [-0.4, -0.2) is 48.9 Å². The summed E-state index contributed by atoms with van der Waals surface area (Å²) in [6.07, 6.45) is 1.16. The first kappa shape index (κ1) is 16.0. The number of para-hydroxylation sites is 1. The zero-order valence-corrected chi connectivity index (χ0v) is 15.4. The Bertz CT molecular complexity index is 803. The quantitative estimate of drug-likeness (QED) is 0.747. The van der Waals surface area contributed by atoms with Gasteiger partial charge in [0, 0.05) is 39.5 Å². The number of fused-ring (bicyclic) bond motifs is 2. The number of amidine groups is 1. The van der Waals surface area contributed by atoms with Crippen molar-refractivity contribution in [1.82, 2.24) is 9.80 Å². The van der Waals surface area contributed by atoms with Crippen LogP contribution in [0.3, 0.4) is 0 Å². The van der Waals surface area contributed by atoms with Crippen LogP contribution in [0.4, 0.5) is 5.69 Å². The molecule has 0 spiro atoms. The van der Waals surface area contributed by atoms with Gasteiger partial charge in [-0.3, -0.25) is 0 Å². The van der Waals surface area contributed by atoms with Crippen molar-refractivity contribution in [3.63, 3.8) is 0 Å². The predicted molar refractivity (Wildman–Crippen MR) is 102 cm³/mol. The molecule has 0 amide bonds. The Morgan fingerprint density at radius 2 is 2.00 bits per heavy atom. The predicted octanol–water partition coefficient (Wildman–Crippen LogP) is 4.52. The van der Waals surface area contributed by atoms with E-state index in [0.717, 1.165) is 41.6 Å². The number of rotatable bonds is 1. The van der Waals surface area contributed by atoms with Gasteiger partial charge in [0.1, 0.15) is 5.84 Å². The second-order valence-electron chi connectivity index (χ2n) is 6.50. The molecule has 0 aromatic heterocycles. The van der Waals surface area contributed by atoms with Crippen molar-refractivity contribution < 1.29 is 0 Å². The molecule has 3 nitrogen and oxygen atoms in total. The van der Waals surface area contributed by atoms with Gasteiger partial charge in [0.05, 0.1) is 5.69 Å². The molecule has 1 atom stereocenters. The summed E-state index contributed by atoms with van der Waals surface area (Å²) < 4.78 is 0. The number of aliphatic imine (C=N–C) groups is 1. The van der Waals surface area contributed by atoms with Crippen LogP contribution < -0.4 is 0 Å². The first-order valence-corrected chi connectivity index (χ1v) is 9.38. The van der Waals surface area contributed by atoms with Crippen molar-refractivity contribution in [2.75, 3.05) is 27.2 Å². The van der Waals surface area contributed by atoms with Gasteiger partial charge in [-0.2, -0.15) is 0 Å². The van der Waals surface area contributed by atoms with Gasteiger partial charge in [-0.25, -0.2) is 4.99 Å². The maximum absolute atomic E-state index is 6.30. The molecule has 124 valence electrons. The Hall–Kier alpha value is -1.49. The molecule has 2 aromatic rings. The minimum atomic E-state index is 0.571. The molecule has 24 heavy (non-hydrogen) atoms. The molecule has 2 heterocycles. The molecule has 0 N–H and O–H groups in total. The minimum Gasteiger partial charge on any atom is -0.354 e. The van der Waals surface area contributed by atoms with Gasteiger partial charge in [-0.15, -0.1) is 0 Å². The molecule has 2 aromatic carbocycles. The summed E-state index contributed by atoms with van der Waals surface area (Å²) in [5, 5.41) is 0.761. The third-order valence-electron chi connectivity index (χ3n) is 4.69. The molecule has 0 saturated carbocycles. The number of hydrogen-bond acceptors (Lipinski definition) is 4. The van der Waals surface area contributed by atoms with Crippen LogP contribution in [0.25, 0.3) is 0 Å². The van der Waals surface area contributed by atoms with E-state index in [2.05, 4.69) is 60.3 Å². The van der Waals surface area contributed by atoms with Gasteiger partial charge in [0.25, 0.3) is 0 Å². The average molecular weight is 358 g/mol. The normalized spacial score (nSPS) is 19.8. The van der Waals surface area contributed by atoms with E-state index >= 15 is 0 Å². The number of halogens is 1. The average Bonchev–Trinajstić information content (AvgIpc) is 3.00. The van der Waals surface area contributed by atoms with Gasteiger partial charge in [0.2, 0.25) is 0 Å². The minimum absolute atomic E-state index is 0.571. The van der Waals surface area contributed by atoms with Crippen molar-refractivity contribution >= 4 is 34.9 Å². The molecule has 4 rings (SSSR count). The third kappa shape index (κ3) is 2.94. The smallest absolute Gasteiger partial charge is 0.137 e. The summed E-state index contributed by atoms with van der Waals surface area (Å²) in [5.41, 5.74) is 2.18. The lowest BCUT2D eigenvalue weighted by atomic mass is 10.2. The summed E-state index contributed by atoms with van der Waals surface area (Å²) in [6, 6.07) is 15.0. The van der Waals surface area contributed by atoms with Crippen LogP contribution in [0.15, 0.2) is 57.2 Å². The topological polar surface area (TPSA) is 18.8 Å². The van der Waals surface area contributed by atoms with E-state index < -0.39 is 0 Å². The summed E-state index contributed by atoms with van der Waals surface area (Å²) in [6.45, 7) is 2.03. The van der Waals surface area contributed by atoms with Gasteiger partial charge in [-0.1, -0.05) is 35.5 Å². The van der Waals surface area contributed by atoms with Gasteiger partial charge in [0.15, 0.2) is 0 Å². The highest BCUT2D eigenvalue weighted by molar-refractivity contribution is 7.99. The highest BCUT2D eigenvalue weighted by atomic mass is 35.5. The van der Waals surface area contributed by atoms with E-state index in [0.29, 0.717) is 6.04 Å². The fourth-order valence-electron chi connectivity index (χ4n) is 3.29. The molecule has 5 heteroatoms. The van der Waals surface area contributed by atoms with Gasteiger partial charge < -0.3 is 9.80 Å². The van der Waals surface area contributed by atoms with Crippen molar-refractivity contribution in [3.05, 3.63) is 53.1 Å². The van der Waals surface area contributed by atoms with Crippen LogP contribution >= 0.6 is 23.4 Å². The SMILES string of the molecule is CN(C)C1CCN(C2=Nc3ccccc3Sc3ccc(Cl)cc32)C1. The lowest BCUT2D eigenvalue weighted by Crippen LogP contribution is -2.35. The summed E-state index contributed by atoms with van der Waals surface area (Å²) >= 11 is 8.07. The van der Waals surface area contributed by atoms with Crippen molar-refractivity contribution in [1.29, 1.82) is 0 Å². The Kier molecular flexibility index (Phi) is 4.29. The number of nitrogens with zero attached hydrogens (tertiary/aromatic N) is 3. The summed E-state index contributed by atoms with van der Waals surface area (Å²) in [4.78, 5) is 12.2. The van der Waals surface area contributed by atoms with Gasteiger partial charge in [-0.05, 0) is 50.8 Å². The number of likely N-dealkylation sites (N-methyl/N-ethyl adjacent to an activating group) is 1. The van der Waals surface area contributed by atoms with Crippen LogP contribution in [-0.2, 0) is 0 Å². The van der Waals surface area contributed by atoms with E-state index in [1.165, 1.54) is 9.79 Å². The maximum atomic E-state index is 6.30. The molecule has 2 aliphatic heterocycles. The zero-order valence-electron chi connectivity index (χ0n) is 13.9. The fraction of sp³-hybridized carbons (Fsp3) is 0.316. The Morgan fingerprint density at radius 3 is 2.79 bits per heavy atom. The fourth-order valence-corrected chi connectivity index (χ4v) is 4.46. The molecule has 2 aliphatic rings. The van der Waals surface area contributed by atoms with Crippen molar-refractivity contribution in [2.24, 2.45) is 4.99 Å². The Morgan fingerprint density at radius 1 is 1.17 bits per heavy atom. The first-order chi connectivity index (χ1) is 11.6. The van der Waals surface area contributed by atoms with E-state index in [4.69, 9.17) is 16.6 Å². The van der Waals surface area contributed by atoms with E-state index in [1.54, 1.807) is 11.8 Å². The summed E-state index contributed by atoms with van der Waals surface area (Å²) in [5.74, 6) is 1.05. The number of likely N-dealkylation sites (tertiary alicyclic amines) is 1. The molecular weight excluding hydrogens is 338 g/mol. The molecular formula is C19H20ClN3S. The standard InChI is InChI=1S/C19H20ClN3S/c1-22(2)14-9-10-23(12-14)19-15-11-13(20)7-8-17(15)24-18-6-4-3-5-16(18)21-19/h3-8,11,14H,9-10,12H2,1-2H3. The maximum Gasteiger partial charge on any atom is 0.137 e. The molecule has 1 saturated heterocycles. The second kappa shape index (κ2) is 6.43. The lowest BCUT2D eigenvalue weighted by molar-refractivity contribution is 0.301. The molecule has 0 radical (unpaired) electrons. The largest absolute Gasteiger partial charge is 0.354 e. The first-order valence-electron chi connectivity index (χ1n) is 8.19. The summed E-state index contributed by atoms with van der Waals surface area (Å²) in [7, 11) is 4.30. The molecule has 1 unspecified atom stereocenters. The second-order valence-corrected chi connectivity index (χ2v) is 8.02. The van der Waals surface area contributed by atoms with Gasteiger partial charge >= 0.3 is 0 Å². The van der Waals surface area contributed by atoms with Crippen molar-refractivity contribution in [3.8, 4) is 0 Å². The van der Waals surface area contributed by atoms with Crippen LogP contribution in [0.5, 0.6) is 0 Å². The zero-order chi connectivity index (χ0) is 16.7. The lowest BCUT2D eigenvalue weighted by Gasteiger charge is -2.23. The number of benzene rings is 2. The molecule has 0 aliphatic carbocycles. The number of hydrogen-bond donors (Lipinski definition) is 0. The monoisotopic (exact) mass is 357 g/mol. The highest BCUT2D eigenvalue weighted by Crippen LogP contribution is 2.41. The van der Waals surface area contributed by atoms with Crippen LogP contribution in [0.2, 0.25) is 5.02 Å². The molecule has 0 bridgehead atoms. The Balaban J connectivity index is 1.81. The van der Waals surface area contributed by atoms with Crippen molar-refractivity contribution in [2.45, 2.75) is 22.3 Å². The van der Waals surface area contributed by atoms with E-state index in [9.17, 15) is 0 Å². The van der Waals surface area contributed by atoms with E-state index in [-0.39, 0.29) is 0 Å². The van der Waals surface area contributed by atoms with Crippen LogP contribution in [0.1, 0.15) is 12.0 Å². The molecule has 1 fully saturated rings. The highest BCUT2D eigenvalue weighted by Gasteiger charge is 2.29. The van der Waals surface area contributed by atoms with Crippen LogP contribution in [0, 0.1) is 0 Å². The third-order valence-corrected chi connectivity index (χ3v) is 6.06. The van der Waals surface area contributed by atoms with E-state index in [1.807, 2.05) is 6.07 Å². The Labute approximate surface area is 152 Å².